The Hall–Kier alpha value is -1.71. The molecule has 166 valence electrons. The van der Waals surface area contributed by atoms with Gasteiger partial charge in [-0.3, -0.25) is 4.79 Å². The fourth-order valence-corrected chi connectivity index (χ4v) is 2.29. The molecule has 1 aromatic carbocycles. The number of amides is 1. The number of carbonyl (C=O) groups is 1. The van der Waals surface area contributed by atoms with E-state index in [1.165, 1.54) is 0 Å². The van der Waals surface area contributed by atoms with Crippen LogP contribution in [0.15, 0.2) is 24.3 Å². The number of carbonyl (C=O) groups excluding carboxylic acids is 1. The van der Waals surface area contributed by atoms with Crippen LogP contribution in [0.1, 0.15) is 18.9 Å². The zero-order chi connectivity index (χ0) is 21.0. The summed E-state index contributed by atoms with van der Waals surface area (Å²) in [6.07, 6.45) is 1.05. The van der Waals surface area contributed by atoms with E-state index in [2.05, 4.69) is 5.32 Å². The van der Waals surface area contributed by atoms with E-state index in [9.17, 15) is 9.90 Å². The van der Waals surface area contributed by atoms with Gasteiger partial charge in [0.2, 0.25) is 5.91 Å². The third kappa shape index (κ3) is 15.8. The van der Waals surface area contributed by atoms with Crippen LogP contribution in [0.3, 0.4) is 0 Å². The van der Waals surface area contributed by atoms with Crippen molar-refractivity contribution in [3.05, 3.63) is 29.8 Å². The van der Waals surface area contributed by atoms with E-state index in [4.69, 9.17) is 23.7 Å². The third-order valence-corrected chi connectivity index (χ3v) is 3.84. The molecule has 0 aromatic heterocycles. The number of hydrogen-bond acceptors (Lipinski definition) is 7. The van der Waals surface area contributed by atoms with Crippen LogP contribution in [0.2, 0.25) is 0 Å². The molecule has 1 rings (SSSR count). The average molecular weight is 414 g/mol. The predicted octanol–water partition coefficient (Wildman–Crippen LogP) is 1.54. The van der Waals surface area contributed by atoms with Gasteiger partial charge in [0.15, 0.2) is 0 Å². The van der Waals surface area contributed by atoms with Crippen molar-refractivity contribution < 1.29 is 33.6 Å². The molecule has 0 saturated heterocycles. The van der Waals surface area contributed by atoms with Crippen LogP contribution in [-0.4, -0.2) is 83.6 Å². The molecule has 0 atom stereocenters. The van der Waals surface area contributed by atoms with E-state index in [1.54, 1.807) is 12.1 Å². The molecule has 0 radical (unpaired) electrons. The Labute approximate surface area is 173 Å². The maximum absolute atomic E-state index is 11.7. The quantitative estimate of drug-likeness (QED) is 0.332. The molecular formula is C21H35NO7. The van der Waals surface area contributed by atoms with E-state index < -0.39 is 0 Å². The van der Waals surface area contributed by atoms with Crippen LogP contribution in [0, 0.1) is 0 Å². The molecule has 0 spiro atoms. The molecule has 0 heterocycles. The highest BCUT2D eigenvalue weighted by atomic mass is 16.6. The Morgan fingerprint density at radius 3 is 1.79 bits per heavy atom. The van der Waals surface area contributed by atoms with Gasteiger partial charge in [-0.15, -0.1) is 0 Å². The molecule has 2 N–H and O–H groups in total. The minimum absolute atomic E-state index is 0.0402. The lowest BCUT2D eigenvalue weighted by atomic mass is 10.1. The summed E-state index contributed by atoms with van der Waals surface area (Å²) in [5.74, 6) is 0.201. The van der Waals surface area contributed by atoms with Gasteiger partial charge in [0.05, 0.1) is 59.5 Å². The largest absolute Gasteiger partial charge is 0.508 e. The molecular weight excluding hydrogens is 378 g/mol. The summed E-state index contributed by atoms with van der Waals surface area (Å²) in [4.78, 5) is 11.7. The van der Waals surface area contributed by atoms with Crippen LogP contribution in [0.5, 0.6) is 5.75 Å². The first-order chi connectivity index (χ1) is 14.2. The molecule has 8 heteroatoms. The minimum Gasteiger partial charge on any atom is -0.508 e. The van der Waals surface area contributed by atoms with E-state index in [0.717, 1.165) is 12.0 Å². The highest BCUT2D eigenvalue weighted by Crippen LogP contribution is 2.09. The van der Waals surface area contributed by atoms with Crippen molar-refractivity contribution in [3.63, 3.8) is 0 Å². The Balaban J connectivity index is 1.79. The molecule has 0 aliphatic carbocycles. The second kappa shape index (κ2) is 18.3. The first-order valence-corrected chi connectivity index (χ1v) is 10.2. The Morgan fingerprint density at radius 2 is 1.28 bits per heavy atom. The van der Waals surface area contributed by atoms with Gasteiger partial charge < -0.3 is 34.1 Å². The first-order valence-electron chi connectivity index (χ1n) is 10.2. The molecule has 0 aliphatic heterocycles. The number of aromatic hydroxyl groups is 1. The molecule has 0 unspecified atom stereocenters. The highest BCUT2D eigenvalue weighted by Gasteiger charge is 2.01. The van der Waals surface area contributed by atoms with Gasteiger partial charge >= 0.3 is 0 Å². The first kappa shape index (κ1) is 25.3. The number of benzene rings is 1. The zero-order valence-corrected chi connectivity index (χ0v) is 17.4. The lowest BCUT2D eigenvalue weighted by molar-refractivity contribution is -0.122. The van der Waals surface area contributed by atoms with E-state index >= 15 is 0 Å². The van der Waals surface area contributed by atoms with Crippen molar-refractivity contribution in [1.29, 1.82) is 0 Å². The van der Waals surface area contributed by atoms with Gasteiger partial charge in [0.1, 0.15) is 5.75 Å². The van der Waals surface area contributed by atoms with Crippen LogP contribution in [0.25, 0.3) is 0 Å². The number of nitrogens with one attached hydrogen (secondary N) is 1. The number of phenols is 1. The monoisotopic (exact) mass is 413 g/mol. The number of ether oxygens (including phenoxy) is 5. The van der Waals surface area contributed by atoms with Gasteiger partial charge in [0.25, 0.3) is 0 Å². The maximum atomic E-state index is 11.7. The van der Waals surface area contributed by atoms with Gasteiger partial charge in [-0.2, -0.15) is 0 Å². The molecule has 1 amide bonds. The SMILES string of the molecule is CCOCCOCCOCCOCCOCCC(=O)NCCc1ccc(O)cc1. The summed E-state index contributed by atoms with van der Waals surface area (Å²) in [5.41, 5.74) is 1.06. The standard InChI is InChI=1S/C21H35NO7/c1-2-25-11-12-27-15-16-29-18-17-28-14-13-26-10-8-21(24)22-9-7-19-3-5-20(23)6-4-19/h3-6,23H,2,7-18H2,1H3,(H,22,24). The number of rotatable bonds is 19. The van der Waals surface area contributed by atoms with Crippen LogP contribution >= 0.6 is 0 Å². The Morgan fingerprint density at radius 1 is 0.793 bits per heavy atom. The van der Waals surface area contributed by atoms with Crippen molar-refractivity contribution in [1.82, 2.24) is 5.32 Å². The summed E-state index contributed by atoms with van der Waals surface area (Å²) in [6, 6.07) is 6.96. The summed E-state index contributed by atoms with van der Waals surface area (Å²) < 4.78 is 26.6. The molecule has 0 saturated carbocycles. The van der Waals surface area contributed by atoms with Crippen molar-refractivity contribution >= 4 is 5.91 Å². The molecule has 8 nitrogen and oxygen atoms in total. The van der Waals surface area contributed by atoms with E-state index in [-0.39, 0.29) is 11.7 Å². The van der Waals surface area contributed by atoms with Gasteiger partial charge in [-0.05, 0) is 31.0 Å². The van der Waals surface area contributed by atoms with Crippen molar-refractivity contribution in [2.45, 2.75) is 19.8 Å². The van der Waals surface area contributed by atoms with Crippen LogP contribution < -0.4 is 5.32 Å². The minimum atomic E-state index is -0.0402. The summed E-state index contributed by atoms with van der Waals surface area (Å²) >= 11 is 0. The summed E-state index contributed by atoms with van der Waals surface area (Å²) in [7, 11) is 0. The lowest BCUT2D eigenvalue weighted by Crippen LogP contribution is -2.26. The zero-order valence-electron chi connectivity index (χ0n) is 17.4. The molecule has 29 heavy (non-hydrogen) atoms. The Kier molecular flexibility index (Phi) is 16.0. The fourth-order valence-electron chi connectivity index (χ4n) is 2.29. The van der Waals surface area contributed by atoms with Gasteiger partial charge in [-0.1, -0.05) is 12.1 Å². The van der Waals surface area contributed by atoms with Crippen LogP contribution in [0.4, 0.5) is 0 Å². The topological polar surface area (TPSA) is 95.5 Å². The van der Waals surface area contributed by atoms with Gasteiger partial charge in [-0.25, -0.2) is 0 Å². The maximum Gasteiger partial charge on any atom is 0.222 e. The van der Waals surface area contributed by atoms with Gasteiger partial charge in [0, 0.05) is 19.6 Å². The van der Waals surface area contributed by atoms with Crippen molar-refractivity contribution in [2.75, 3.05) is 72.6 Å². The second-order valence-electron chi connectivity index (χ2n) is 6.16. The van der Waals surface area contributed by atoms with Crippen molar-refractivity contribution in [2.24, 2.45) is 0 Å². The molecule has 0 aliphatic rings. The number of hydrogen-bond donors (Lipinski definition) is 2. The fraction of sp³-hybridized carbons (Fsp3) is 0.667. The highest BCUT2D eigenvalue weighted by molar-refractivity contribution is 5.75. The normalized spacial score (nSPS) is 10.9. The lowest BCUT2D eigenvalue weighted by Gasteiger charge is -2.08. The smallest absolute Gasteiger partial charge is 0.222 e. The second-order valence-corrected chi connectivity index (χ2v) is 6.16. The number of phenolic OH excluding ortho intramolecular Hbond substituents is 1. The Bertz CT molecular complexity index is 510. The molecule has 0 fully saturated rings. The van der Waals surface area contributed by atoms with E-state index in [1.807, 2.05) is 19.1 Å². The van der Waals surface area contributed by atoms with Crippen LogP contribution in [-0.2, 0) is 34.9 Å². The van der Waals surface area contributed by atoms with E-state index in [0.29, 0.717) is 79.0 Å². The summed E-state index contributed by atoms with van der Waals surface area (Å²) in [5, 5.41) is 12.1. The predicted molar refractivity (Wildman–Crippen MR) is 109 cm³/mol. The van der Waals surface area contributed by atoms with Crippen molar-refractivity contribution in [3.8, 4) is 5.75 Å². The third-order valence-electron chi connectivity index (χ3n) is 3.84. The molecule has 1 aromatic rings. The molecule has 0 bridgehead atoms. The summed E-state index contributed by atoms with van der Waals surface area (Å²) in [6.45, 7) is 7.79. The average Bonchev–Trinajstić information content (AvgIpc) is 2.72.